The van der Waals surface area contributed by atoms with Crippen molar-refractivity contribution in [3.8, 4) is 83.6 Å². The van der Waals surface area contributed by atoms with Crippen molar-refractivity contribution in [3.63, 3.8) is 0 Å². The minimum Gasteiger partial charge on any atom is -0.309 e. The topological polar surface area (TPSA) is 4.93 Å². The molecule has 1 heterocycles. The van der Waals surface area contributed by atoms with Crippen LogP contribution in [-0.2, 0) is 6.18 Å². The van der Waals surface area contributed by atoms with Gasteiger partial charge in [-0.2, -0.15) is 13.2 Å². The number of rotatable bonds is 8. The van der Waals surface area contributed by atoms with Crippen molar-refractivity contribution in [1.29, 1.82) is 0 Å². The fourth-order valence-corrected chi connectivity index (χ4v) is 8.25. The standard InChI is InChI=1S/C61H40F3N/c62-61(63,64)57-27-15-13-25-53(57)54-26-14-16-28-58(54)65-59-31-29-45(51-35-47(41-17-5-1-6-18-41)33-48(36-51)42-19-7-2-8-20-42)39-55(59)56-40-46(30-32-60(56)65)52-37-49(43-21-9-3-10-22-43)34-50(38-52)44-23-11-4-12-24-44/h1-40H/i1D,2D,3D,4D,5D,6D,7D,8D,9D,10D,11D,12D,17D,18D,19D,20D,21D,22D,23D,24D. The van der Waals surface area contributed by atoms with Crippen LogP contribution < -0.4 is 0 Å². The van der Waals surface area contributed by atoms with Crippen molar-refractivity contribution in [1.82, 2.24) is 4.57 Å². The molecule has 0 aliphatic rings. The molecule has 11 aromatic rings. The Bertz CT molecular complexity index is 4190. The van der Waals surface area contributed by atoms with Crippen LogP contribution in [0.2, 0.25) is 0 Å². The lowest BCUT2D eigenvalue weighted by molar-refractivity contribution is -0.137. The van der Waals surface area contributed by atoms with Crippen molar-refractivity contribution in [2.45, 2.75) is 6.18 Å². The first kappa shape index (κ1) is 23.5. The number of hydrogen-bond acceptors (Lipinski definition) is 0. The van der Waals surface area contributed by atoms with E-state index in [1.54, 1.807) is 65.2 Å². The third-order valence-electron chi connectivity index (χ3n) is 11.1. The molecule has 0 aliphatic carbocycles. The number of halogens is 3. The minimum atomic E-state index is -4.77. The van der Waals surface area contributed by atoms with Gasteiger partial charge in [0.25, 0.3) is 0 Å². The molecule has 0 saturated carbocycles. The van der Waals surface area contributed by atoms with Gasteiger partial charge < -0.3 is 4.57 Å². The van der Waals surface area contributed by atoms with Gasteiger partial charge in [0.05, 0.1) is 49.7 Å². The lowest BCUT2D eigenvalue weighted by Crippen LogP contribution is -2.08. The van der Waals surface area contributed by atoms with E-state index in [1.807, 2.05) is 0 Å². The van der Waals surface area contributed by atoms with Crippen LogP contribution in [0, 0.1) is 0 Å². The Labute approximate surface area is 404 Å². The Morgan fingerprint density at radius 1 is 0.323 bits per heavy atom. The fraction of sp³-hybridized carbons (Fsp3) is 0.0164. The third kappa shape index (κ3) is 7.59. The van der Waals surface area contributed by atoms with E-state index in [0.717, 1.165) is 6.07 Å². The van der Waals surface area contributed by atoms with Crippen molar-refractivity contribution < 1.29 is 40.6 Å². The molecule has 0 fully saturated rings. The van der Waals surface area contributed by atoms with Gasteiger partial charge >= 0.3 is 6.18 Å². The van der Waals surface area contributed by atoms with E-state index < -0.39 is 133 Å². The highest BCUT2D eigenvalue weighted by molar-refractivity contribution is 6.12. The lowest BCUT2D eigenvalue weighted by Gasteiger charge is -2.18. The molecule has 0 aliphatic heterocycles. The first-order valence-corrected chi connectivity index (χ1v) is 20.1. The number of fused-ring (bicyclic) bond motifs is 3. The number of aromatic nitrogens is 1. The maximum absolute atomic E-state index is 14.9. The Morgan fingerprint density at radius 3 is 1.05 bits per heavy atom. The maximum Gasteiger partial charge on any atom is 0.417 e. The largest absolute Gasteiger partial charge is 0.417 e. The van der Waals surface area contributed by atoms with Gasteiger partial charge in [0.1, 0.15) is 0 Å². The maximum atomic E-state index is 14.9. The molecule has 65 heavy (non-hydrogen) atoms. The van der Waals surface area contributed by atoms with Crippen LogP contribution in [0.1, 0.15) is 33.0 Å². The van der Waals surface area contributed by atoms with Gasteiger partial charge in [0.15, 0.2) is 0 Å². The lowest BCUT2D eigenvalue weighted by atomic mass is 9.92. The molecule has 0 unspecified atom stereocenters. The highest BCUT2D eigenvalue weighted by Gasteiger charge is 2.34. The average Bonchev–Trinajstić information content (AvgIpc) is 3.57. The summed E-state index contributed by atoms with van der Waals surface area (Å²) < 4.78 is 219. The SMILES string of the molecule is [2H]c1c([2H])c([2H])c(-c2cc(-c3ccc4c(c3)c3cc(-c5cc(-c6c([2H])c([2H])c([2H])c([2H])c6[2H])cc(-c6c([2H])c([2H])c([2H])c([2H])c6[2H])c5)ccc3n4-c3ccccc3-c3ccccc3C(F)(F)F)cc(-c3c([2H])c([2H])c([2H])c([2H])c3[2H])c2)c([2H])c1[2H]. The zero-order chi connectivity index (χ0) is 61.3. The monoisotopic (exact) mass is 863 g/mol. The van der Waals surface area contributed by atoms with E-state index in [9.17, 15) is 13.2 Å². The third-order valence-corrected chi connectivity index (χ3v) is 11.1. The van der Waals surface area contributed by atoms with Crippen molar-refractivity contribution in [2.24, 2.45) is 0 Å². The number of para-hydroxylation sites is 1. The summed E-state index contributed by atoms with van der Waals surface area (Å²) in [5.74, 6) is 0. The molecule has 0 spiro atoms. The molecule has 1 aromatic heterocycles. The number of hydrogen-bond donors (Lipinski definition) is 0. The van der Waals surface area contributed by atoms with Crippen LogP contribution in [0.5, 0.6) is 0 Å². The summed E-state index contributed by atoms with van der Waals surface area (Å²) in [4.78, 5) is 0. The molecule has 0 amide bonds. The highest BCUT2D eigenvalue weighted by atomic mass is 19.4. The number of benzene rings is 10. The van der Waals surface area contributed by atoms with Crippen molar-refractivity contribution >= 4 is 21.8 Å². The summed E-state index contributed by atoms with van der Waals surface area (Å²) in [6.07, 6.45) is -4.77. The highest BCUT2D eigenvalue weighted by Crippen LogP contribution is 2.44. The summed E-state index contributed by atoms with van der Waals surface area (Å²) in [5, 5.41) is 0.858. The van der Waals surface area contributed by atoms with Gasteiger partial charge in [-0.1, -0.05) is 169 Å². The summed E-state index contributed by atoms with van der Waals surface area (Å²) in [7, 11) is 0. The zero-order valence-corrected chi connectivity index (χ0v) is 33.6. The average molecular weight is 864 g/mol. The summed E-state index contributed by atoms with van der Waals surface area (Å²) in [6.45, 7) is 0. The molecule has 10 aromatic carbocycles. The molecule has 0 radical (unpaired) electrons. The van der Waals surface area contributed by atoms with Crippen LogP contribution in [-0.4, -0.2) is 4.57 Å². The van der Waals surface area contributed by atoms with Crippen LogP contribution in [0.3, 0.4) is 0 Å². The van der Waals surface area contributed by atoms with Crippen LogP contribution in [0.25, 0.3) is 105 Å². The van der Waals surface area contributed by atoms with Crippen LogP contribution in [0.4, 0.5) is 13.2 Å². The number of alkyl halides is 3. The molecule has 0 N–H and O–H groups in total. The molecular formula is C61H40F3N. The summed E-state index contributed by atoms with van der Waals surface area (Å²) >= 11 is 0. The summed E-state index contributed by atoms with van der Waals surface area (Å²) in [5.41, 5.74) is 0.606. The first-order valence-electron chi connectivity index (χ1n) is 30.1. The smallest absolute Gasteiger partial charge is 0.309 e. The van der Waals surface area contributed by atoms with E-state index in [4.69, 9.17) is 27.4 Å². The quantitative estimate of drug-likeness (QED) is 0.143. The van der Waals surface area contributed by atoms with Crippen molar-refractivity contribution in [2.75, 3.05) is 0 Å². The van der Waals surface area contributed by atoms with Crippen molar-refractivity contribution in [3.05, 3.63) is 248 Å². The Balaban J connectivity index is 1.25. The second kappa shape index (κ2) is 16.5. The molecule has 1 nitrogen and oxygen atoms in total. The van der Waals surface area contributed by atoms with E-state index in [1.165, 1.54) is 54.6 Å². The van der Waals surface area contributed by atoms with Crippen LogP contribution >= 0.6 is 0 Å². The van der Waals surface area contributed by atoms with Gasteiger partial charge in [-0.3, -0.25) is 0 Å². The fourth-order valence-electron chi connectivity index (χ4n) is 8.25. The molecule has 310 valence electrons. The van der Waals surface area contributed by atoms with Gasteiger partial charge in [0, 0.05) is 16.3 Å². The predicted molar refractivity (Wildman–Crippen MR) is 264 cm³/mol. The Kier molecular flexibility index (Phi) is 5.95. The summed E-state index contributed by atoms with van der Waals surface area (Å²) in [6, 6.07) is 17.9. The molecule has 0 atom stereocenters. The van der Waals surface area contributed by atoms with Gasteiger partial charge in [-0.15, -0.1) is 0 Å². The molecular weight excluding hydrogens is 804 g/mol. The van der Waals surface area contributed by atoms with Gasteiger partial charge in [-0.25, -0.2) is 0 Å². The number of nitrogens with zero attached hydrogens (tertiary/aromatic N) is 1. The second-order valence-electron chi connectivity index (χ2n) is 15.0. The molecule has 0 saturated heterocycles. The molecule has 4 heteroatoms. The predicted octanol–water partition coefficient (Wildman–Crippen LogP) is 17.5. The Hall–Kier alpha value is -8.21. The van der Waals surface area contributed by atoms with E-state index in [-0.39, 0.29) is 66.8 Å². The Morgan fingerprint density at radius 2 is 0.662 bits per heavy atom. The zero-order valence-electron chi connectivity index (χ0n) is 53.6. The normalized spacial score (nSPS) is 15.9. The molecule has 0 bridgehead atoms. The molecule has 11 rings (SSSR count). The van der Waals surface area contributed by atoms with E-state index in [2.05, 4.69) is 0 Å². The van der Waals surface area contributed by atoms with E-state index in [0.29, 0.717) is 38.6 Å². The second-order valence-corrected chi connectivity index (χ2v) is 15.0. The minimum absolute atomic E-state index is 0.0206. The van der Waals surface area contributed by atoms with Gasteiger partial charge in [0.2, 0.25) is 0 Å². The first-order chi connectivity index (χ1) is 40.1. The van der Waals surface area contributed by atoms with E-state index >= 15 is 0 Å². The van der Waals surface area contributed by atoms with Crippen LogP contribution in [0.15, 0.2) is 242 Å². The van der Waals surface area contributed by atoms with Gasteiger partial charge in [-0.05, 0) is 145 Å².